The number of aliphatic hydroxyl groups excluding tert-OH is 1. The predicted octanol–water partition coefficient (Wildman–Crippen LogP) is -0.966. The summed E-state index contributed by atoms with van der Waals surface area (Å²) in [6.45, 7) is 3.08. The van der Waals surface area contributed by atoms with Crippen molar-refractivity contribution in [3.05, 3.63) is 0 Å². The van der Waals surface area contributed by atoms with Gasteiger partial charge in [0.05, 0.1) is 5.54 Å². The molecule has 0 atom stereocenters. The van der Waals surface area contributed by atoms with Gasteiger partial charge in [0.25, 0.3) is 0 Å². The van der Waals surface area contributed by atoms with E-state index < -0.39 is 11.8 Å². The quantitative estimate of drug-likeness (QED) is 0.376. The first-order valence-corrected chi connectivity index (χ1v) is 2.09. The van der Waals surface area contributed by atoms with Gasteiger partial charge in [-0.25, -0.2) is 0 Å². The lowest BCUT2D eigenvalue weighted by Gasteiger charge is -2.19. The summed E-state index contributed by atoms with van der Waals surface area (Å²) in [5, 5.41) is 16.6. The highest BCUT2D eigenvalue weighted by Crippen LogP contribution is 1.98. The molecule has 0 rings (SSSR count). The third-order valence-electron chi connectivity index (χ3n) is 0.665. The van der Waals surface area contributed by atoms with Crippen LogP contribution in [0.25, 0.3) is 0 Å². The van der Waals surface area contributed by atoms with Crippen LogP contribution in [0.5, 0.6) is 0 Å². The van der Waals surface area contributed by atoms with Crippen LogP contribution < -0.4 is 5.73 Å². The van der Waals surface area contributed by atoms with Crippen LogP contribution in [0, 0.1) is 0 Å². The van der Waals surface area contributed by atoms with E-state index >= 15 is 0 Å². The van der Waals surface area contributed by atoms with Gasteiger partial charge in [0.15, 0.2) is 6.29 Å². The van der Waals surface area contributed by atoms with E-state index in [0.29, 0.717) is 0 Å². The second-order valence-electron chi connectivity index (χ2n) is 2.20. The molecule has 0 saturated carbocycles. The lowest BCUT2D eigenvalue weighted by Crippen LogP contribution is -2.44. The SMILES string of the molecule is CC(C)(N)C(O)O. The van der Waals surface area contributed by atoms with Crippen molar-refractivity contribution in [3.63, 3.8) is 0 Å². The third kappa shape index (κ3) is 2.56. The van der Waals surface area contributed by atoms with Crippen molar-refractivity contribution in [2.75, 3.05) is 0 Å². The Morgan fingerprint density at radius 2 is 1.57 bits per heavy atom. The Bertz CT molecular complexity index is 55.2. The molecule has 0 aromatic rings. The molecule has 0 bridgehead atoms. The largest absolute Gasteiger partial charge is 0.367 e. The van der Waals surface area contributed by atoms with Gasteiger partial charge in [-0.15, -0.1) is 0 Å². The molecule has 3 nitrogen and oxygen atoms in total. The molecule has 0 aromatic heterocycles. The van der Waals surface area contributed by atoms with Crippen LogP contribution in [0.4, 0.5) is 0 Å². The van der Waals surface area contributed by atoms with Gasteiger partial charge in [0, 0.05) is 0 Å². The number of rotatable bonds is 1. The molecule has 0 heterocycles. The van der Waals surface area contributed by atoms with Gasteiger partial charge in [0.1, 0.15) is 0 Å². The molecule has 7 heavy (non-hydrogen) atoms. The van der Waals surface area contributed by atoms with Crippen LogP contribution in [0.15, 0.2) is 0 Å². The predicted molar refractivity (Wildman–Crippen MR) is 26.5 cm³/mol. The Hall–Kier alpha value is -0.120. The van der Waals surface area contributed by atoms with Crippen molar-refractivity contribution >= 4 is 0 Å². The van der Waals surface area contributed by atoms with Gasteiger partial charge in [-0.2, -0.15) is 0 Å². The molecule has 0 amide bonds. The maximum atomic E-state index is 8.32. The van der Waals surface area contributed by atoms with Crippen molar-refractivity contribution in [1.29, 1.82) is 0 Å². The van der Waals surface area contributed by atoms with Gasteiger partial charge < -0.3 is 15.9 Å². The Kier molecular flexibility index (Phi) is 1.75. The molecule has 0 saturated heterocycles. The molecular formula is C4H11NO2. The molecule has 0 aliphatic carbocycles. The molecular weight excluding hydrogens is 94.0 g/mol. The second kappa shape index (κ2) is 1.78. The Morgan fingerprint density at radius 3 is 1.57 bits per heavy atom. The summed E-state index contributed by atoms with van der Waals surface area (Å²) < 4.78 is 0. The molecule has 0 fully saturated rings. The van der Waals surface area contributed by atoms with Crippen molar-refractivity contribution in [1.82, 2.24) is 0 Å². The normalized spacial score (nSPS) is 12.9. The monoisotopic (exact) mass is 105 g/mol. The van der Waals surface area contributed by atoms with Crippen LogP contribution in [0.1, 0.15) is 13.8 Å². The highest BCUT2D eigenvalue weighted by Gasteiger charge is 2.18. The van der Waals surface area contributed by atoms with Crippen molar-refractivity contribution < 1.29 is 10.2 Å². The minimum Gasteiger partial charge on any atom is -0.367 e. The Balaban J connectivity index is 3.54. The summed E-state index contributed by atoms with van der Waals surface area (Å²) in [7, 11) is 0. The Morgan fingerprint density at radius 1 is 1.43 bits per heavy atom. The zero-order chi connectivity index (χ0) is 6.08. The summed E-state index contributed by atoms with van der Waals surface area (Å²) >= 11 is 0. The minimum absolute atomic E-state index is 0.889. The number of nitrogens with two attached hydrogens (primary N) is 1. The topological polar surface area (TPSA) is 66.5 Å². The smallest absolute Gasteiger partial charge is 0.169 e. The number of hydrogen-bond acceptors (Lipinski definition) is 3. The molecule has 0 radical (unpaired) electrons. The molecule has 44 valence electrons. The molecule has 0 aliphatic rings. The fourth-order valence-electron chi connectivity index (χ4n) is 0. The van der Waals surface area contributed by atoms with Crippen molar-refractivity contribution in [2.45, 2.75) is 25.7 Å². The molecule has 0 aromatic carbocycles. The number of aliphatic hydroxyl groups is 2. The first-order valence-electron chi connectivity index (χ1n) is 2.09. The van der Waals surface area contributed by atoms with E-state index in [1.165, 1.54) is 13.8 Å². The zero-order valence-corrected chi connectivity index (χ0v) is 4.55. The van der Waals surface area contributed by atoms with Gasteiger partial charge in [-0.3, -0.25) is 0 Å². The average molecular weight is 105 g/mol. The molecule has 3 heteroatoms. The van der Waals surface area contributed by atoms with E-state index in [0.717, 1.165) is 0 Å². The van der Waals surface area contributed by atoms with E-state index in [1.54, 1.807) is 0 Å². The lowest BCUT2D eigenvalue weighted by molar-refractivity contribution is -0.0848. The first kappa shape index (κ1) is 6.88. The summed E-state index contributed by atoms with van der Waals surface area (Å²) in [6.07, 6.45) is -1.42. The molecule has 0 unspecified atom stereocenters. The minimum atomic E-state index is -1.42. The summed E-state index contributed by atoms with van der Waals surface area (Å²) in [4.78, 5) is 0. The molecule has 4 N–H and O–H groups in total. The van der Waals surface area contributed by atoms with Crippen molar-refractivity contribution in [3.8, 4) is 0 Å². The lowest BCUT2D eigenvalue weighted by atomic mass is 10.1. The Labute approximate surface area is 42.8 Å². The average Bonchev–Trinajstić information content (AvgIpc) is 1.31. The highest BCUT2D eigenvalue weighted by atomic mass is 16.5. The summed E-state index contributed by atoms with van der Waals surface area (Å²) in [5.74, 6) is 0. The van der Waals surface area contributed by atoms with Crippen LogP contribution in [0.2, 0.25) is 0 Å². The molecule has 0 aliphatic heterocycles. The van der Waals surface area contributed by atoms with Crippen LogP contribution in [0.3, 0.4) is 0 Å². The summed E-state index contributed by atoms with van der Waals surface area (Å²) in [5.41, 5.74) is 4.29. The van der Waals surface area contributed by atoms with E-state index in [4.69, 9.17) is 15.9 Å². The maximum Gasteiger partial charge on any atom is 0.169 e. The highest BCUT2D eigenvalue weighted by molar-refractivity contribution is 4.72. The van der Waals surface area contributed by atoms with Gasteiger partial charge >= 0.3 is 0 Å². The fourth-order valence-corrected chi connectivity index (χ4v) is 0. The second-order valence-corrected chi connectivity index (χ2v) is 2.20. The fraction of sp³-hybridized carbons (Fsp3) is 1.00. The van der Waals surface area contributed by atoms with Crippen LogP contribution >= 0.6 is 0 Å². The maximum absolute atomic E-state index is 8.32. The van der Waals surface area contributed by atoms with Gasteiger partial charge in [0.2, 0.25) is 0 Å². The van der Waals surface area contributed by atoms with Crippen LogP contribution in [-0.2, 0) is 0 Å². The van der Waals surface area contributed by atoms with E-state index in [9.17, 15) is 0 Å². The van der Waals surface area contributed by atoms with E-state index in [1.807, 2.05) is 0 Å². The van der Waals surface area contributed by atoms with E-state index in [2.05, 4.69) is 0 Å². The standard InChI is InChI=1S/C4H11NO2/c1-4(2,5)3(6)7/h3,6-7H,5H2,1-2H3. The van der Waals surface area contributed by atoms with Gasteiger partial charge in [-0.05, 0) is 13.8 Å². The van der Waals surface area contributed by atoms with Crippen molar-refractivity contribution in [2.24, 2.45) is 5.73 Å². The number of hydrogen-bond donors (Lipinski definition) is 3. The third-order valence-corrected chi connectivity index (χ3v) is 0.665. The first-order chi connectivity index (χ1) is 2.94. The van der Waals surface area contributed by atoms with Crippen LogP contribution in [-0.4, -0.2) is 22.0 Å². The summed E-state index contributed by atoms with van der Waals surface area (Å²) in [6, 6.07) is 0. The molecule has 0 spiro atoms. The zero-order valence-electron chi connectivity index (χ0n) is 4.55. The van der Waals surface area contributed by atoms with Gasteiger partial charge in [-0.1, -0.05) is 0 Å². The van der Waals surface area contributed by atoms with E-state index in [-0.39, 0.29) is 0 Å².